The van der Waals surface area contributed by atoms with Crippen molar-refractivity contribution >= 4 is 17.4 Å². The lowest BCUT2D eigenvalue weighted by Gasteiger charge is -2.34. The van der Waals surface area contributed by atoms with Crippen LogP contribution >= 0.6 is 0 Å². The maximum Gasteiger partial charge on any atom is 0.273 e. The Morgan fingerprint density at radius 3 is 2.66 bits per heavy atom. The van der Waals surface area contributed by atoms with Gasteiger partial charge in [0.25, 0.3) is 5.91 Å². The normalized spacial score (nSPS) is 21.5. The number of aromatic nitrogens is 4. The Morgan fingerprint density at radius 2 is 1.91 bits per heavy atom. The van der Waals surface area contributed by atoms with Gasteiger partial charge in [0.2, 0.25) is 0 Å². The van der Waals surface area contributed by atoms with Crippen LogP contribution in [0, 0.1) is 20.8 Å². The highest BCUT2D eigenvalue weighted by atomic mass is 16.2. The van der Waals surface area contributed by atoms with Gasteiger partial charge in [-0.2, -0.15) is 5.10 Å². The summed E-state index contributed by atoms with van der Waals surface area (Å²) < 4.78 is 1.84. The monoisotopic (exact) mass is 433 g/mol. The molecule has 0 aromatic carbocycles. The Morgan fingerprint density at radius 1 is 1.06 bits per heavy atom. The van der Waals surface area contributed by atoms with Gasteiger partial charge in [-0.05, 0) is 64.2 Å². The lowest BCUT2D eigenvalue weighted by atomic mass is 9.98. The summed E-state index contributed by atoms with van der Waals surface area (Å²) in [4.78, 5) is 27.0. The van der Waals surface area contributed by atoms with Crippen molar-refractivity contribution in [2.75, 3.05) is 24.5 Å². The topological polar surface area (TPSA) is 92.7 Å². The SMILES string of the molecule is Cc1cc(C)nc(C(=O)N2CCCC[C@H]2c2cc3nc(N4CCC(N)C4)c(C)cn3n2)c1. The van der Waals surface area contributed by atoms with Crippen LogP contribution in [0.25, 0.3) is 5.65 Å². The van der Waals surface area contributed by atoms with E-state index in [4.69, 9.17) is 15.8 Å². The number of nitrogens with zero attached hydrogens (tertiary/aromatic N) is 6. The summed E-state index contributed by atoms with van der Waals surface area (Å²) in [6, 6.07) is 6.04. The van der Waals surface area contributed by atoms with Crippen LogP contribution in [0.2, 0.25) is 0 Å². The number of amides is 1. The predicted molar refractivity (Wildman–Crippen MR) is 124 cm³/mol. The van der Waals surface area contributed by atoms with Crippen LogP contribution in [-0.4, -0.2) is 56.1 Å². The summed E-state index contributed by atoms with van der Waals surface area (Å²) in [7, 11) is 0. The van der Waals surface area contributed by atoms with Gasteiger partial charge in [-0.25, -0.2) is 14.5 Å². The van der Waals surface area contributed by atoms with E-state index in [2.05, 4.69) is 16.8 Å². The van der Waals surface area contributed by atoms with Crippen LogP contribution in [0.5, 0.6) is 0 Å². The number of likely N-dealkylation sites (tertiary alicyclic amines) is 1. The molecule has 5 heterocycles. The minimum atomic E-state index is -0.0652. The first kappa shape index (κ1) is 20.9. The van der Waals surface area contributed by atoms with Crippen LogP contribution in [-0.2, 0) is 0 Å². The number of rotatable bonds is 3. The number of nitrogens with two attached hydrogens (primary N) is 1. The van der Waals surface area contributed by atoms with E-state index in [1.54, 1.807) is 0 Å². The number of anilines is 1. The molecule has 1 unspecified atom stereocenters. The predicted octanol–water partition coefficient (Wildman–Crippen LogP) is 2.95. The highest BCUT2D eigenvalue weighted by Crippen LogP contribution is 2.32. The van der Waals surface area contributed by atoms with Gasteiger partial charge in [0.05, 0.1) is 11.7 Å². The number of aryl methyl sites for hydroxylation is 3. The molecule has 0 spiro atoms. The molecule has 8 heteroatoms. The van der Waals surface area contributed by atoms with Gasteiger partial charge in [-0.3, -0.25) is 4.79 Å². The molecule has 2 aliphatic heterocycles. The molecule has 2 N–H and O–H groups in total. The molecular weight excluding hydrogens is 402 g/mol. The summed E-state index contributed by atoms with van der Waals surface area (Å²) >= 11 is 0. The van der Waals surface area contributed by atoms with Crippen molar-refractivity contribution in [2.24, 2.45) is 5.73 Å². The highest BCUT2D eigenvalue weighted by Gasteiger charge is 2.32. The van der Waals surface area contributed by atoms with Gasteiger partial charge >= 0.3 is 0 Å². The fraction of sp³-hybridized carbons (Fsp3) is 0.500. The van der Waals surface area contributed by atoms with Crippen LogP contribution in [0.1, 0.15) is 64.7 Å². The zero-order valence-electron chi connectivity index (χ0n) is 19.1. The third-order valence-electron chi connectivity index (χ3n) is 6.57. The van der Waals surface area contributed by atoms with Crippen LogP contribution in [0.15, 0.2) is 24.4 Å². The Bertz CT molecular complexity index is 1150. The molecule has 3 aromatic rings. The maximum absolute atomic E-state index is 13.4. The van der Waals surface area contributed by atoms with Crippen molar-refractivity contribution in [3.63, 3.8) is 0 Å². The van der Waals surface area contributed by atoms with E-state index < -0.39 is 0 Å². The second kappa shape index (κ2) is 8.16. The molecule has 2 fully saturated rings. The van der Waals surface area contributed by atoms with Crippen molar-refractivity contribution < 1.29 is 4.79 Å². The molecule has 0 aliphatic carbocycles. The first-order valence-electron chi connectivity index (χ1n) is 11.5. The number of hydrogen-bond acceptors (Lipinski definition) is 6. The first-order valence-corrected chi connectivity index (χ1v) is 11.5. The average molecular weight is 434 g/mol. The van der Waals surface area contributed by atoms with Gasteiger partial charge in [-0.15, -0.1) is 0 Å². The number of carbonyl (C=O) groups excluding carboxylic acids is 1. The van der Waals surface area contributed by atoms with Crippen LogP contribution < -0.4 is 10.6 Å². The Labute approximate surface area is 188 Å². The molecular formula is C24H31N7O. The first-order chi connectivity index (χ1) is 15.4. The fourth-order valence-electron chi connectivity index (χ4n) is 5.06. The standard InChI is InChI=1S/C24H31N7O/c1-15-10-17(3)26-20(11-15)24(32)30-8-5-4-6-21(30)19-12-22-27-23(16(2)13-31(22)28-19)29-9-7-18(25)14-29/h10-13,18,21H,4-9,14,25H2,1-3H3/t18?,21-/m0/s1. The molecule has 8 nitrogen and oxygen atoms in total. The molecule has 2 atom stereocenters. The zero-order chi connectivity index (χ0) is 22.4. The van der Waals surface area contributed by atoms with Crippen molar-refractivity contribution in [3.8, 4) is 0 Å². The van der Waals surface area contributed by atoms with Crippen molar-refractivity contribution in [3.05, 3.63) is 52.6 Å². The Hall–Kier alpha value is -3.00. The zero-order valence-corrected chi connectivity index (χ0v) is 19.1. The molecule has 3 aromatic heterocycles. The Kier molecular flexibility index (Phi) is 5.33. The lowest BCUT2D eigenvalue weighted by molar-refractivity contribution is 0.0599. The molecule has 2 aliphatic rings. The average Bonchev–Trinajstić information content (AvgIpc) is 3.37. The van der Waals surface area contributed by atoms with E-state index in [1.807, 2.05) is 47.7 Å². The minimum Gasteiger partial charge on any atom is -0.355 e. The summed E-state index contributed by atoms with van der Waals surface area (Å²) in [5.41, 5.74) is 11.3. The summed E-state index contributed by atoms with van der Waals surface area (Å²) in [6.45, 7) is 8.47. The van der Waals surface area contributed by atoms with Crippen molar-refractivity contribution in [1.82, 2.24) is 24.5 Å². The fourth-order valence-corrected chi connectivity index (χ4v) is 5.06. The lowest BCUT2D eigenvalue weighted by Crippen LogP contribution is -2.39. The molecule has 0 saturated carbocycles. The maximum atomic E-state index is 13.4. The molecule has 0 bridgehead atoms. The van der Waals surface area contributed by atoms with E-state index in [9.17, 15) is 4.79 Å². The van der Waals surface area contributed by atoms with E-state index >= 15 is 0 Å². The minimum absolute atomic E-state index is 0.0190. The van der Waals surface area contributed by atoms with E-state index in [0.717, 1.165) is 79.3 Å². The highest BCUT2D eigenvalue weighted by molar-refractivity contribution is 5.93. The molecule has 1 amide bonds. The smallest absolute Gasteiger partial charge is 0.273 e. The number of piperidine rings is 1. The largest absolute Gasteiger partial charge is 0.355 e. The van der Waals surface area contributed by atoms with Gasteiger partial charge in [-0.1, -0.05) is 0 Å². The summed E-state index contributed by atoms with van der Waals surface area (Å²) in [5.74, 6) is 0.961. The van der Waals surface area contributed by atoms with E-state index in [1.165, 1.54) is 0 Å². The molecule has 168 valence electrons. The number of pyridine rings is 1. The summed E-state index contributed by atoms with van der Waals surface area (Å²) in [6.07, 6.45) is 5.99. The van der Waals surface area contributed by atoms with Gasteiger partial charge in [0, 0.05) is 49.2 Å². The molecule has 0 radical (unpaired) electrons. The molecule has 5 rings (SSSR count). The summed E-state index contributed by atoms with van der Waals surface area (Å²) in [5, 5.41) is 4.84. The van der Waals surface area contributed by atoms with Gasteiger partial charge in [0.1, 0.15) is 11.5 Å². The van der Waals surface area contributed by atoms with Crippen LogP contribution in [0.3, 0.4) is 0 Å². The van der Waals surface area contributed by atoms with Gasteiger partial charge in [0.15, 0.2) is 5.65 Å². The number of carbonyl (C=O) groups is 1. The van der Waals surface area contributed by atoms with Crippen LogP contribution in [0.4, 0.5) is 5.82 Å². The second-order valence-electron chi connectivity index (χ2n) is 9.30. The van der Waals surface area contributed by atoms with E-state index in [0.29, 0.717) is 5.69 Å². The van der Waals surface area contributed by atoms with Crippen molar-refractivity contribution in [2.45, 2.75) is 58.5 Å². The number of hydrogen-bond donors (Lipinski definition) is 1. The Balaban J connectivity index is 1.47. The molecule has 32 heavy (non-hydrogen) atoms. The van der Waals surface area contributed by atoms with E-state index in [-0.39, 0.29) is 18.0 Å². The number of fused-ring (bicyclic) bond motifs is 1. The molecule has 2 saturated heterocycles. The van der Waals surface area contributed by atoms with Crippen molar-refractivity contribution in [1.29, 1.82) is 0 Å². The quantitative estimate of drug-likeness (QED) is 0.683. The van der Waals surface area contributed by atoms with Gasteiger partial charge < -0.3 is 15.5 Å². The third kappa shape index (κ3) is 3.83. The second-order valence-corrected chi connectivity index (χ2v) is 9.30. The third-order valence-corrected chi connectivity index (χ3v) is 6.57.